The number of carbonyl (C=O) groups is 1. The first-order chi connectivity index (χ1) is 22.4. The van der Waals surface area contributed by atoms with Gasteiger partial charge in [-0.05, 0) is 114 Å². The van der Waals surface area contributed by atoms with E-state index in [0.717, 1.165) is 71.1 Å². The fourth-order valence-corrected chi connectivity index (χ4v) is 7.30. The number of piperazine rings is 2. The zero-order chi connectivity index (χ0) is 33.6. The van der Waals surface area contributed by atoms with Crippen LogP contribution in [0.3, 0.4) is 0 Å². The van der Waals surface area contributed by atoms with Crippen molar-refractivity contribution in [1.29, 1.82) is 0 Å². The summed E-state index contributed by atoms with van der Waals surface area (Å²) in [6.07, 6.45) is 4.56. The minimum absolute atomic E-state index is 0.100. The van der Waals surface area contributed by atoms with Crippen molar-refractivity contribution in [3.05, 3.63) is 59.7 Å². The number of anilines is 2. The molecule has 1 N–H and O–H groups in total. The lowest BCUT2D eigenvalue weighted by Crippen LogP contribution is -2.45. The second-order valence-corrected chi connectivity index (χ2v) is 15.7. The van der Waals surface area contributed by atoms with Crippen LogP contribution < -0.4 is 15.1 Å². The summed E-state index contributed by atoms with van der Waals surface area (Å²) >= 11 is 0. The Morgan fingerprint density at radius 1 is 0.723 bits per heavy atom. The van der Waals surface area contributed by atoms with Gasteiger partial charge in [-0.3, -0.25) is 0 Å². The van der Waals surface area contributed by atoms with Gasteiger partial charge in [0.1, 0.15) is 5.60 Å². The van der Waals surface area contributed by atoms with Crippen LogP contribution in [0, 0.1) is 11.8 Å². The summed E-state index contributed by atoms with van der Waals surface area (Å²) in [5.74, 6) is 1.33. The van der Waals surface area contributed by atoms with Crippen LogP contribution in [0.5, 0.6) is 0 Å². The monoisotopic (exact) mass is 646 g/mol. The van der Waals surface area contributed by atoms with Crippen LogP contribution in [0.4, 0.5) is 16.2 Å². The molecule has 4 heterocycles. The quantitative estimate of drug-likeness (QED) is 0.400. The molecule has 8 nitrogen and oxygen atoms in total. The molecule has 47 heavy (non-hydrogen) atoms. The standard InChI is InChI=1S/C22H35N3O2.C17H27N3/c1-17-9-10-20(25(16-17)21(26)27-22(2,3)4)18-7-6-8-19(15-18)24-13-11-23(5)12-14-24;1-14-6-7-17(18-13-14)15-4-3-5-16(12-15)20-10-8-19(2)9-11-20/h6-8,15,17,20H,9-14,16H2,1-5H3;3-5,12,14,17-18H,6-11,13H2,1-2H3/t17-,20+;14-,17+/m00/s1. The van der Waals surface area contributed by atoms with E-state index in [1.165, 1.54) is 48.4 Å². The molecule has 8 heteroatoms. The molecular formula is C39H62N6O2. The molecule has 4 saturated heterocycles. The number of nitrogens with one attached hydrogen (secondary N) is 1. The predicted molar refractivity (Wildman–Crippen MR) is 196 cm³/mol. The molecule has 6 rings (SSSR count). The average Bonchev–Trinajstić information content (AvgIpc) is 3.05. The van der Waals surface area contributed by atoms with Gasteiger partial charge in [-0.15, -0.1) is 0 Å². The third-order valence-electron chi connectivity index (χ3n) is 10.4. The number of piperidine rings is 2. The summed E-state index contributed by atoms with van der Waals surface area (Å²) < 4.78 is 5.71. The number of rotatable bonds is 4. The van der Waals surface area contributed by atoms with Crippen molar-refractivity contribution in [3.8, 4) is 0 Å². The van der Waals surface area contributed by atoms with Crippen LogP contribution in [0.15, 0.2) is 48.5 Å². The topological polar surface area (TPSA) is 54.5 Å². The molecule has 0 aliphatic carbocycles. The number of likely N-dealkylation sites (N-methyl/N-ethyl adjacent to an activating group) is 2. The van der Waals surface area contributed by atoms with E-state index >= 15 is 0 Å². The maximum Gasteiger partial charge on any atom is 0.410 e. The van der Waals surface area contributed by atoms with E-state index in [9.17, 15) is 4.79 Å². The van der Waals surface area contributed by atoms with Gasteiger partial charge in [0.05, 0.1) is 6.04 Å². The first-order valence-electron chi connectivity index (χ1n) is 18.2. The third kappa shape index (κ3) is 10.1. The number of hydrogen-bond acceptors (Lipinski definition) is 7. The Kier molecular flexibility index (Phi) is 12.1. The second-order valence-electron chi connectivity index (χ2n) is 15.7. The minimum Gasteiger partial charge on any atom is -0.444 e. The van der Waals surface area contributed by atoms with Gasteiger partial charge < -0.3 is 34.6 Å². The fourth-order valence-electron chi connectivity index (χ4n) is 7.30. The van der Waals surface area contributed by atoms with Crippen molar-refractivity contribution in [2.45, 2.75) is 78.0 Å². The summed E-state index contributed by atoms with van der Waals surface area (Å²) in [5, 5.41) is 3.70. The molecule has 0 unspecified atom stereocenters. The predicted octanol–water partition coefficient (Wildman–Crippen LogP) is 6.65. The summed E-state index contributed by atoms with van der Waals surface area (Å²) in [6, 6.07) is 18.6. The summed E-state index contributed by atoms with van der Waals surface area (Å²) in [7, 11) is 4.39. The summed E-state index contributed by atoms with van der Waals surface area (Å²) in [5.41, 5.74) is 4.89. The normalized spacial score (nSPS) is 26.4. The molecule has 4 fully saturated rings. The van der Waals surface area contributed by atoms with E-state index in [1.807, 2.05) is 25.7 Å². The maximum absolute atomic E-state index is 12.9. The van der Waals surface area contributed by atoms with Crippen molar-refractivity contribution in [2.75, 3.05) is 89.3 Å². The highest BCUT2D eigenvalue weighted by atomic mass is 16.6. The first-order valence-corrected chi connectivity index (χ1v) is 18.2. The van der Waals surface area contributed by atoms with Crippen LogP contribution in [0.25, 0.3) is 0 Å². The van der Waals surface area contributed by atoms with Crippen molar-refractivity contribution in [3.63, 3.8) is 0 Å². The highest BCUT2D eigenvalue weighted by Gasteiger charge is 2.34. The number of hydrogen-bond donors (Lipinski definition) is 1. The Hall–Kier alpha value is -2.81. The Morgan fingerprint density at radius 3 is 1.79 bits per heavy atom. The molecule has 2 aromatic rings. The fraction of sp³-hybridized carbons (Fsp3) is 0.667. The van der Waals surface area contributed by atoms with Gasteiger partial charge in [-0.2, -0.15) is 0 Å². The number of amides is 1. The second kappa shape index (κ2) is 16.1. The summed E-state index contributed by atoms with van der Waals surface area (Å²) in [6.45, 7) is 21.2. The molecule has 2 aromatic carbocycles. The average molecular weight is 647 g/mol. The lowest BCUT2D eigenvalue weighted by atomic mass is 9.90. The number of benzene rings is 2. The lowest BCUT2D eigenvalue weighted by molar-refractivity contribution is 0.00363. The van der Waals surface area contributed by atoms with E-state index in [-0.39, 0.29) is 12.1 Å². The van der Waals surface area contributed by atoms with E-state index in [0.29, 0.717) is 12.0 Å². The van der Waals surface area contributed by atoms with Crippen LogP contribution in [0.2, 0.25) is 0 Å². The molecule has 0 aromatic heterocycles. The van der Waals surface area contributed by atoms with Crippen LogP contribution in [-0.2, 0) is 4.74 Å². The largest absolute Gasteiger partial charge is 0.444 e. The van der Waals surface area contributed by atoms with Crippen molar-refractivity contribution >= 4 is 17.5 Å². The van der Waals surface area contributed by atoms with Crippen LogP contribution in [0.1, 0.15) is 83.5 Å². The molecule has 4 aliphatic heterocycles. The zero-order valence-electron chi connectivity index (χ0n) is 30.4. The van der Waals surface area contributed by atoms with E-state index in [1.54, 1.807) is 0 Å². The van der Waals surface area contributed by atoms with Gasteiger partial charge in [0, 0.05) is 76.3 Å². The molecular weight excluding hydrogens is 584 g/mol. The Labute approximate surface area is 285 Å². The highest BCUT2D eigenvalue weighted by Crippen LogP contribution is 2.36. The lowest BCUT2D eigenvalue weighted by Gasteiger charge is -2.40. The number of carbonyl (C=O) groups excluding carboxylic acids is 1. The molecule has 4 atom stereocenters. The highest BCUT2D eigenvalue weighted by molar-refractivity contribution is 5.69. The van der Waals surface area contributed by atoms with Gasteiger partial charge in [0.25, 0.3) is 0 Å². The Bertz CT molecular complexity index is 1230. The molecule has 0 radical (unpaired) electrons. The van der Waals surface area contributed by atoms with Gasteiger partial charge in [0.2, 0.25) is 0 Å². The Morgan fingerprint density at radius 2 is 1.26 bits per heavy atom. The van der Waals surface area contributed by atoms with E-state index in [4.69, 9.17) is 4.74 Å². The van der Waals surface area contributed by atoms with Crippen molar-refractivity contribution in [2.24, 2.45) is 11.8 Å². The minimum atomic E-state index is -0.468. The molecule has 4 aliphatic rings. The first kappa shape index (κ1) is 35.5. The van der Waals surface area contributed by atoms with Crippen LogP contribution >= 0.6 is 0 Å². The smallest absolute Gasteiger partial charge is 0.410 e. The molecule has 260 valence electrons. The molecule has 0 bridgehead atoms. The van der Waals surface area contributed by atoms with Gasteiger partial charge >= 0.3 is 6.09 Å². The van der Waals surface area contributed by atoms with Crippen LogP contribution in [-0.4, -0.2) is 106 Å². The van der Waals surface area contributed by atoms with E-state index in [2.05, 4.69) is 101 Å². The van der Waals surface area contributed by atoms with Crippen molar-refractivity contribution < 1.29 is 9.53 Å². The molecule has 1 amide bonds. The third-order valence-corrected chi connectivity index (χ3v) is 10.4. The van der Waals surface area contributed by atoms with Gasteiger partial charge in [-0.1, -0.05) is 38.1 Å². The van der Waals surface area contributed by atoms with Gasteiger partial charge in [-0.25, -0.2) is 4.79 Å². The zero-order valence-corrected chi connectivity index (χ0v) is 30.4. The number of ether oxygens (including phenoxy) is 1. The van der Waals surface area contributed by atoms with Crippen molar-refractivity contribution in [1.82, 2.24) is 20.0 Å². The van der Waals surface area contributed by atoms with E-state index < -0.39 is 5.60 Å². The number of likely N-dealkylation sites (tertiary alicyclic amines) is 1. The summed E-state index contributed by atoms with van der Waals surface area (Å²) in [4.78, 5) is 24.5. The molecule has 0 saturated carbocycles. The number of nitrogens with zero attached hydrogens (tertiary/aromatic N) is 5. The maximum atomic E-state index is 12.9. The molecule has 0 spiro atoms. The Balaban J connectivity index is 0.000000193. The van der Waals surface area contributed by atoms with Gasteiger partial charge in [0.15, 0.2) is 0 Å². The SMILES string of the molecule is C[C@H]1CC[C@H](c2cccc(N3CCN(C)CC3)c2)N(C(=O)OC(C)(C)C)C1.C[C@H]1CC[C@H](c2cccc(N3CCN(C)CC3)c2)NC1.